The molecule has 0 saturated carbocycles. The molecule has 180 valence electrons. The Kier molecular flexibility index (Phi) is 7.50. The number of hydrogen-bond acceptors (Lipinski definition) is 8. The molecule has 9 nitrogen and oxygen atoms in total. The minimum absolute atomic E-state index is 0.00449. The van der Waals surface area contributed by atoms with Crippen molar-refractivity contribution in [3.05, 3.63) is 81.0 Å². The lowest BCUT2D eigenvalue weighted by molar-refractivity contribution is 0.398. The smallest absolute Gasteiger partial charge is 0.328 e. The van der Waals surface area contributed by atoms with Crippen LogP contribution in [-0.4, -0.2) is 27.9 Å². The van der Waals surface area contributed by atoms with E-state index in [4.69, 9.17) is 60.4 Å². The number of halogens is 4. The Bertz CT molecular complexity index is 1500. The van der Waals surface area contributed by atoms with Gasteiger partial charge in [0.15, 0.2) is 11.5 Å². The number of rotatable bonds is 7. The first-order valence-corrected chi connectivity index (χ1v) is 12.4. The standard InChI is InChI=1S/C21H12Cl4N4O5S/c22-11-1-7-16(15(24)9-11)33-17-8-2-12(23)10-18(17)34-21-28-19(25)27-20(29-21)26-13-3-5-14(6-4-13)35(30,31)32/h1-10H,(H,30,31,32)(H,26,27,28,29). The third-order valence-electron chi connectivity index (χ3n) is 4.22. The van der Waals surface area contributed by atoms with Crippen molar-refractivity contribution < 1.29 is 22.4 Å². The lowest BCUT2D eigenvalue weighted by Gasteiger charge is -2.13. The van der Waals surface area contributed by atoms with Crippen molar-refractivity contribution in [1.29, 1.82) is 0 Å². The normalized spacial score (nSPS) is 11.2. The van der Waals surface area contributed by atoms with Gasteiger partial charge in [0.2, 0.25) is 11.2 Å². The van der Waals surface area contributed by atoms with E-state index >= 15 is 0 Å². The topological polar surface area (TPSA) is 124 Å². The minimum Gasteiger partial charge on any atom is -0.452 e. The first-order chi connectivity index (χ1) is 16.6. The van der Waals surface area contributed by atoms with Gasteiger partial charge in [0, 0.05) is 21.8 Å². The molecule has 0 radical (unpaired) electrons. The Labute approximate surface area is 219 Å². The van der Waals surface area contributed by atoms with E-state index < -0.39 is 10.1 Å². The van der Waals surface area contributed by atoms with Crippen LogP contribution < -0.4 is 14.8 Å². The van der Waals surface area contributed by atoms with Crippen LogP contribution in [0.2, 0.25) is 20.4 Å². The van der Waals surface area contributed by atoms with Gasteiger partial charge in [0.25, 0.3) is 10.1 Å². The van der Waals surface area contributed by atoms with Gasteiger partial charge in [-0.3, -0.25) is 4.55 Å². The Morgan fingerprint density at radius 2 is 1.40 bits per heavy atom. The highest BCUT2D eigenvalue weighted by Crippen LogP contribution is 2.39. The van der Waals surface area contributed by atoms with E-state index in [0.29, 0.717) is 21.5 Å². The van der Waals surface area contributed by atoms with Crippen LogP contribution in [0.1, 0.15) is 0 Å². The van der Waals surface area contributed by atoms with Crippen molar-refractivity contribution in [3.63, 3.8) is 0 Å². The summed E-state index contributed by atoms with van der Waals surface area (Å²) in [6.07, 6.45) is 0. The molecule has 0 atom stereocenters. The summed E-state index contributed by atoms with van der Waals surface area (Å²) in [5.41, 5.74) is 0.412. The highest BCUT2D eigenvalue weighted by atomic mass is 35.5. The fraction of sp³-hybridized carbons (Fsp3) is 0. The third-order valence-corrected chi connectivity index (χ3v) is 6.02. The van der Waals surface area contributed by atoms with Gasteiger partial charge in [-0.05, 0) is 66.2 Å². The summed E-state index contributed by atoms with van der Waals surface area (Å²) in [6, 6.07) is 14.4. The monoisotopic (exact) mass is 572 g/mol. The van der Waals surface area contributed by atoms with Crippen LogP contribution in [0.4, 0.5) is 11.6 Å². The van der Waals surface area contributed by atoms with Gasteiger partial charge in [-0.2, -0.15) is 23.4 Å². The SMILES string of the molecule is O=S(=O)(O)c1ccc(Nc2nc(Cl)nc(Oc3cc(Cl)ccc3Oc3ccc(Cl)cc3Cl)n2)cc1. The molecule has 0 spiro atoms. The van der Waals surface area contributed by atoms with E-state index in [0.717, 1.165) is 0 Å². The lowest BCUT2D eigenvalue weighted by Crippen LogP contribution is -2.03. The van der Waals surface area contributed by atoms with Gasteiger partial charge in [-0.25, -0.2) is 0 Å². The molecule has 35 heavy (non-hydrogen) atoms. The van der Waals surface area contributed by atoms with E-state index in [2.05, 4.69) is 20.3 Å². The van der Waals surface area contributed by atoms with Gasteiger partial charge in [0.05, 0.1) is 9.92 Å². The molecule has 3 aromatic carbocycles. The maximum atomic E-state index is 11.2. The minimum atomic E-state index is -4.32. The molecule has 1 aromatic heterocycles. The summed E-state index contributed by atoms with van der Waals surface area (Å²) in [5, 5.41) is 3.74. The lowest BCUT2D eigenvalue weighted by atomic mass is 10.3. The summed E-state index contributed by atoms with van der Waals surface area (Å²) < 4.78 is 43.1. The third kappa shape index (κ3) is 6.63. The molecular formula is C21H12Cl4N4O5S. The number of benzene rings is 3. The van der Waals surface area contributed by atoms with Gasteiger partial charge in [0.1, 0.15) is 5.75 Å². The average molecular weight is 574 g/mol. The number of ether oxygens (including phenoxy) is 2. The number of nitrogens with zero attached hydrogens (tertiary/aromatic N) is 3. The fourth-order valence-corrected chi connectivity index (χ4v) is 3.94. The van der Waals surface area contributed by atoms with Gasteiger partial charge < -0.3 is 14.8 Å². The summed E-state index contributed by atoms with van der Waals surface area (Å²) in [5.74, 6) is 0.747. The van der Waals surface area contributed by atoms with Gasteiger partial charge in [-0.15, -0.1) is 0 Å². The Hall–Kier alpha value is -2.86. The average Bonchev–Trinajstić information content (AvgIpc) is 2.76. The molecule has 0 aliphatic rings. The molecule has 0 bridgehead atoms. The van der Waals surface area contributed by atoms with Crippen molar-refractivity contribution in [2.75, 3.05) is 5.32 Å². The first-order valence-electron chi connectivity index (χ1n) is 9.43. The quantitative estimate of drug-likeness (QED) is 0.223. The van der Waals surface area contributed by atoms with E-state index in [1.54, 1.807) is 24.3 Å². The molecule has 0 aliphatic heterocycles. The molecule has 0 amide bonds. The molecule has 14 heteroatoms. The predicted octanol–water partition coefficient (Wildman–Crippen LogP) is 7.06. The Morgan fingerprint density at radius 1 is 0.743 bits per heavy atom. The van der Waals surface area contributed by atoms with Crippen LogP contribution in [0.25, 0.3) is 0 Å². The van der Waals surface area contributed by atoms with Crippen LogP contribution in [0.15, 0.2) is 65.6 Å². The molecule has 0 aliphatic carbocycles. The van der Waals surface area contributed by atoms with E-state index in [9.17, 15) is 8.42 Å². The molecule has 0 unspecified atom stereocenters. The summed E-state index contributed by atoms with van der Waals surface area (Å²) in [4.78, 5) is 11.8. The fourth-order valence-electron chi connectivity index (χ4n) is 2.69. The zero-order chi connectivity index (χ0) is 25.2. The summed E-state index contributed by atoms with van der Waals surface area (Å²) >= 11 is 24.3. The Morgan fingerprint density at radius 3 is 2.06 bits per heavy atom. The number of aromatic nitrogens is 3. The van der Waals surface area contributed by atoms with Crippen molar-refractivity contribution in [3.8, 4) is 23.3 Å². The second-order valence-corrected chi connectivity index (χ2v) is 9.74. The van der Waals surface area contributed by atoms with Crippen molar-refractivity contribution in [2.45, 2.75) is 4.90 Å². The van der Waals surface area contributed by atoms with Crippen LogP contribution >= 0.6 is 46.4 Å². The van der Waals surface area contributed by atoms with Crippen molar-refractivity contribution >= 4 is 68.2 Å². The zero-order valence-electron chi connectivity index (χ0n) is 17.1. The molecule has 4 rings (SSSR count). The Balaban J connectivity index is 1.59. The molecular weight excluding hydrogens is 562 g/mol. The maximum Gasteiger partial charge on any atom is 0.328 e. The second-order valence-electron chi connectivity index (χ2n) is 6.70. The van der Waals surface area contributed by atoms with E-state index in [1.165, 1.54) is 36.4 Å². The summed E-state index contributed by atoms with van der Waals surface area (Å²) in [6.45, 7) is 0. The second kappa shape index (κ2) is 10.4. The van der Waals surface area contributed by atoms with Crippen LogP contribution in [0, 0.1) is 0 Å². The highest BCUT2D eigenvalue weighted by molar-refractivity contribution is 7.85. The molecule has 0 fully saturated rings. The molecule has 4 aromatic rings. The molecule has 2 N–H and O–H groups in total. The molecule has 0 saturated heterocycles. The van der Waals surface area contributed by atoms with E-state index in [-0.39, 0.29) is 38.7 Å². The van der Waals surface area contributed by atoms with Crippen LogP contribution in [0.3, 0.4) is 0 Å². The van der Waals surface area contributed by atoms with Crippen molar-refractivity contribution in [1.82, 2.24) is 15.0 Å². The van der Waals surface area contributed by atoms with Crippen LogP contribution in [-0.2, 0) is 10.1 Å². The highest BCUT2D eigenvalue weighted by Gasteiger charge is 2.15. The maximum absolute atomic E-state index is 11.2. The molecule has 1 heterocycles. The predicted molar refractivity (Wildman–Crippen MR) is 132 cm³/mol. The largest absolute Gasteiger partial charge is 0.452 e. The van der Waals surface area contributed by atoms with Crippen LogP contribution in [0.5, 0.6) is 23.3 Å². The number of anilines is 2. The number of nitrogens with one attached hydrogen (secondary N) is 1. The number of hydrogen-bond donors (Lipinski definition) is 2. The zero-order valence-corrected chi connectivity index (χ0v) is 21.0. The summed E-state index contributed by atoms with van der Waals surface area (Å²) in [7, 11) is -4.32. The van der Waals surface area contributed by atoms with Gasteiger partial charge >= 0.3 is 6.01 Å². The van der Waals surface area contributed by atoms with Crippen molar-refractivity contribution in [2.24, 2.45) is 0 Å². The van der Waals surface area contributed by atoms with Gasteiger partial charge in [-0.1, -0.05) is 34.8 Å². The van der Waals surface area contributed by atoms with E-state index in [1.807, 2.05) is 0 Å². The first kappa shape index (κ1) is 25.2.